The third-order valence-electron chi connectivity index (χ3n) is 3.18. The molecule has 0 saturated carbocycles. The molecule has 0 saturated heterocycles. The van der Waals surface area contributed by atoms with Crippen molar-refractivity contribution in [3.63, 3.8) is 0 Å². The first-order valence-corrected chi connectivity index (χ1v) is 7.80. The van der Waals surface area contributed by atoms with Crippen LogP contribution >= 0.6 is 11.3 Å². The fourth-order valence-electron chi connectivity index (χ4n) is 1.98. The first kappa shape index (κ1) is 14.3. The summed E-state index contributed by atoms with van der Waals surface area (Å²) in [5.41, 5.74) is 2.75. The van der Waals surface area contributed by atoms with Gasteiger partial charge in [-0.3, -0.25) is 0 Å². The zero-order valence-corrected chi connectivity index (χ0v) is 13.1. The Bertz CT molecular complexity index is 526. The number of nitrogens with one attached hydrogen (secondary N) is 1. The summed E-state index contributed by atoms with van der Waals surface area (Å²) in [5.74, 6) is 0.585. The van der Waals surface area contributed by atoms with Crippen molar-refractivity contribution in [2.24, 2.45) is 0 Å². The van der Waals surface area contributed by atoms with E-state index in [4.69, 9.17) is 0 Å². The highest BCUT2D eigenvalue weighted by atomic mass is 32.1. The van der Waals surface area contributed by atoms with Crippen LogP contribution in [0.3, 0.4) is 0 Å². The predicted molar refractivity (Wildman–Crippen MR) is 85.8 cm³/mol. The Morgan fingerprint density at radius 2 is 1.84 bits per heavy atom. The van der Waals surface area contributed by atoms with Crippen LogP contribution in [0.15, 0.2) is 36.4 Å². The van der Waals surface area contributed by atoms with E-state index < -0.39 is 0 Å². The molecule has 2 aromatic rings. The van der Waals surface area contributed by atoms with Gasteiger partial charge < -0.3 is 5.32 Å². The first-order valence-electron chi connectivity index (χ1n) is 6.98. The molecule has 1 aromatic carbocycles. The van der Waals surface area contributed by atoms with Gasteiger partial charge in [-0.1, -0.05) is 52.0 Å². The molecule has 19 heavy (non-hydrogen) atoms. The minimum absolute atomic E-state index is 0.537. The summed E-state index contributed by atoms with van der Waals surface area (Å²) in [5, 5.41) is 3.47. The molecular weight excluding hydrogens is 250 g/mol. The van der Waals surface area contributed by atoms with Crippen LogP contribution in [-0.4, -0.2) is 6.04 Å². The Kier molecular flexibility index (Phi) is 4.78. The molecule has 0 radical (unpaired) electrons. The lowest BCUT2D eigenvalue weighted by Crippen LogP contribution is -2.21. The van der Waals surface area contributed by atoms with Gasteiger partial charge in [-0.25, -0.2) is 0 Å². The molecule has 1 nitrogen and oxygen atoms in total. The van der Waals surface area contributed by atoms with Gasteiger partial charge in [0.05, 0.1) is 0 Å². The van der Waals surface area contributed by atoms with Gasteiger partial charge in [0.25, 0.3) is 0 Å². The van der Waals surface area contributed by atoms with Crippen molar-refractivity contribution in [2.45, 2.75) is 46.2 Å². The van der Waals surface area contributed by atoms with Crippen molar-refractivity contribution in [2.75, 3.05) is 0 Å². The molecule has 0 unspecified atom stereocenters. The number of hydrogen-bond donors (Lipinski definition) is 1. The second-order valence-electron chi connectivity index (χ2n) is 5.58. The van der Waals surface area contributed by atoms with Crippen molar-refractivity contribution in [1.82, 2.24) is 5.32 Å². The smallest absolute Gasteiger partial charge is 0.0346 e. The summed E-state index contributed by atoms with van der Waals surface area (Å²) in [7, 11) is 0. The molecule has 0 fully saturated rings. The molecule has 1 heterocycles. The molecule has 0 spiro atoms. The van der Waals surface area contributed by atoms with E-state index in [1.807, 2.05) is 11.3 Å². The largest absolute Gasteiger partial charge is 0.310 e. The third-order valence-corrected chi connectivity index (χ3v) is 4.32. The van der Waals surface area contributed by atoms with Crippen molar-refractivity contribution in [3.05, 3.63) is 46.8 Å². The number of rotatable bonds is 5. The Morgan fingerprint density at radius 3 is 2.53 bits per heavy atom. The van der Waals surface area contributed by atoms with Crippen LogP contribution < -0.4 is 5.32 Å². The van der Waals surface area contributed by atoms with Crippen molar-refractivity contribution in [1.29, 1.82) is 0 Å². The van der Waals surface area contributed by atoms with Gasteiger partial charge in [0.1, 0.15) is 0 Å². The van der Waals surface area contributed by atoms with E-state index in [0.29, 0.717) is 12.0 Å². The molecule has 1 aromatic heterocycles. The number of benzene rings is 1. The lowest BCUT2D eigenvalue weighted by molar-refractivity contribution is 0.593. The zero-order valence-electron chi connectivity index (χ0n) is 12.2. The van der Waals surface area contributed by atoms with Gasteiger partial charge in [-0.15, -0.1) is 11.3 Å². The molecule has 0 bridgehead atoms. The highest BCUT2D eigenvalue weighted by Crippen LogP contribution is 2.30. The SMILES string of the molecule is CC(C)NCc1ccc(-c2cccc(C(C)C)c2)s1. The standard InChI is InChI=1S/C17H23NS/c1-12(2)14-6-5-7-15(10-14)17-9-8-16(19-17)11-18-13(3)4/h5-10,12-13,18H,11H2,1-4H3. The van der Waals surface area contributed by atoms with E-state index in [-0.39, 0.29) is 0 Å². The lowest BCUT2D eigenvalue weighted by Gasteiger charge is -2.07. The summed E-state index contributed by atoms with van der Waals surface area (Å²) in [6.07, 6.45) is 0. The zero-order chi connectivity index (χ0) is 13.8. The summed E-state index contributed by atoms with van der Waals surface area (Å²) >= 11 is 1.89. The van der Waals surface area contributed by atoms with Crippen LogP contribution in [0.4, 0.5) is 0 Å². The number of hydrogen-bond acceptors (Lipinski definition) is 2. The van der Waals surface area contributed by atoms with Crippen LogP contribution in [0, 0.1) is 0 Å². The minimum atomic E-state index is 0.537. The molecule has 1 N–H and O–H groups in total. The Hall–Kier alpha value is -1.12. The van der Waals surface area contributed by atoms with Crippen LogP contribution in [0.25, 0.3) is 10.4 Å². The van der Waals surface area contributed by atoms with Gasteiger partial charge in [0, 0.05) is 22.3 Å². The molecule has 0 amide bonds. The minimum Gasteiger partial charge on any atom is -0.310 e. The highest BCUT2D eigenvalue weighted by molar-refractivity contribution is 7.15. The van der Waals surface area contributed by atoms with E-state index in [1.54, 1.807) is 0 Å². The second-order valence-corrected chi connectivity index (χ2v) is 6.75. The molecule has 2 rings (SSSR count). The number of thiophene rings is 1. The van der Waals surface area contributed by atoms with Crippen molar-refractivity contribution >= 4 is 11.3 Å². The van der Waals surface area contributed by atoms with Crippen LogP contribution in [0.1, 0.15) is 44.1 Å². The van der Waals surface area contributed by atoms with E-state index in [2.05, 4.69) is 69.4 Å². The van der Waals surface area contributed by atoms with Crippen LogP contribution in [0.2, 0.25) is 0 Å². The van der Waals surface area contributed by atoms with Gasteiger partial charge >= 0.3 is 0 Å². The van der Waals surface area contributed by atoms with Gasteiger partial charge in [0.2, 0.25) is 0 Å². The Labute approximate surface area is 120 Å². The quantitative estimate of drug-likeness (QED) is 0.805. The maximum atomic E-state index is 3.47. The summed E-state index contributed by atoms with van der Waals surface area (Å²) in [6, 6.07) is 13.9. The van der Waals surface area contributed by atoms with E-state index in [9.17, 15) is 0 Å². The van der Waals surface area contributed by atoms with Gasteiger partial charge in [-0.2, -0.15) is 0 Å². The second kappa shape index (κ2) is 6.36. The molecule has 102 valence electrons. The molecule has 0 aliphatic carbocycles. The summed E-state index contributed by atoms with van der Waals surface area (Å²) in [6.45, 7) is 9.81. The average molecular weight is 273 g/mol. The van der Waals surface area contributed by atoms with E-state index >= 15 is 0 Å². The first-order chi connectivity index (χ1) is 9.06. The Morgan fingerprint density at radius 1 is 1.05 bits per heavy atom. The van der Waals surface area contributed by atoms with E-state index in [1.165, 1.54) is 20.9 Å². The fraction of sp³-hybridized carbons (Fsp3) is 0.412. The Balaban J connectivity index is 2.16. The molecule has 0 aliphatic heterocycles. The fourth-order valence-corrected chi connectivity index (χ4v) is 2.94. The molecule has 0 atom stereocenters. The molecule has 0 aliphatic rings. The average Bonchev–Trinajstić information content (AvgIpc) is 2.85. The topological polar surface area (TPSA) is 12.0 Å². The van der Waals surface area contributed by atoms with Gasteiger partial charge in [-0.05, 0) is 29.2 Å². The third kappa shape index (κ3) is 3.92. The maximum Gasteiger partial charge on any atom is 0.0346 e. The molecular formula is C17H23NS. The van der Waals surface area contributed by atoms with Crippen LogP contribution in [-0.2, 0) is 6.54 Å². The lowest BCUT2D eigenvalue weighted by atomic mass is 10.0. The normalized spacial score (nSPS) is 11.5. The highest BCUT2D eigenvalue weighted by Gasteiger charge is 2.05. The van der Waals surface area contributed by atoms with Crippen LogP contribution in [0.5, 0.6) is 0 Å². The van der Waals surface area contributed by atoms with Crippen molar-refractivity contribution < 1.29 is 0 Å². The summed E-state index contributed by atoms with van der Waals surface area (Å²) in [4.78, 5) is 2.77. The monoisotopic (exact) mass is 273 g/mol. The van der Waals surface area contributed by atoms with E-state index in [0.717, 1.165) is 6.54 Å². The van der Waals surface area contributed by atoms with Gasteiger partial charge in [0.15, 0.2) is 0 Å². The predicted octanol–water partition coefficient (Wildman–Crippen LogP) is 5.04. The molecule has 2 heteroatoms. The maximum absolute atomic E-state index is 3.47. The van der Waals surface area contributed by atoms with Crippen molar-refractivity contribution in [3.8, 4) is 10.4 Å². The summed E-state index contributed by atoms with van der Waals surface area (Å²) < 4.78 is 0.